The number of nitrogens with zero attached hydrogens (tertiary/aromatic N) is 1. The molecular weight excluding hydrogens is 388 g/mol. The maximum absolute atomic E-state index is 12.9. The van der Waals surface area contributed by atoms with Gasteiger partial charge in [0.2, 0.25) is 10.0 Å². The minimum Gasteiger partial charge on any atom is -0.306 e. The van der Waals surface area contributed by atoms with Gasteiger partial charge in [-0.1, -0.05) is 25.0 Å². The fourth-order valence-electron chi connectivity index (χ4n) is 3.56. The van der Waals surface area contributed by atoms with Crippen molar-refractivity contribution in [1.82, 2.24) is 9.62 Å². The number of Topliss-reactive ketones (excluding diaryl/α,β-unsaturated/α-hetero) is 1. The number of carbonyl (C=O) groups excluding carboxylic acids is 1. The topological polar surface area (TPSA) is 101 Å². The Hall–Kier alpha value is -1.29. The molecule has 7 nitrogen and oxygen atoms in total. The first-order valence-electron chi connectivity index (χ1n) is 9.35. The van der Waals surface area contributed by atoms with Crippen molar-refractivity contribution in [2.24, 2.45) is 0 Å². The summed E-state index contributed by atoms with van der Waals surface area (Å²) in [4.78, 5) is 12.6. The monoisotopic (exact) mass is 414 g/mol. The molecule has 0 aromatic heterocycles. The molecule has 2 saturated heterocycles. The fraction of sp³-hybridized carbons (Fsp3) is 0.611. The van der Waals surface area contributed by atoms with Crippen molar-refractivity contribution in [1.29, 1.82) is 0 Å². The zero-order valence-electron chi connectivity index (χ0n) is 15.3. The molecule has 9 heteroatoms. The zero-order valence-corrected chi connectivity index (χ0v) is 16.9. The van der Waals surface area contributed by atoms with E-state index in [4.69, 9.17) is 0 Å². The number of sulfone groups is 1. The lowest BCUT2D eigenvalue weighted by Crippen LogP contribution is -2.34. The van der Waals surface area contributed by atoms with Crippen LogP contribution in [-0.4, -0.2) is 64.1 Å². The molecule has 0 saturated carbocycles. The van der Waals surface area contributed by atoms with E-state index in [2.05, 4.69) is 5.32 Å². The highest BCUT2D eigenvalue weighted by molar-refractivity contribution is 7.91. The predicted octanol–water partition coefficient (Wildman–Crippen LogP) is 1.21. The van der Waals surface area contributed by atoms with E-state index in [9.17, 15) is 21.6 Å². The molecule has 0 radical (unpaired) electrons. The number of hydrogen-bond donors (Lipinski definition) is 1. The Morgan fingerprint density at radius 3 is 2.48 bits per heavy atom. The SMILES string of the molecule is O=C(CNC1CCS(=O)(=O)C1)c1cccc(S(=O)(=O)N2CCCCCC2)c1. The second-order valence-corrected chi connectivity index (χ2v) is 11.4. The van der Waals surface area contributed by atoms with Gasteiger partial charge in [0, 0.05) is 24.7 Å². The van der Waals surface area contributed by atoms with Crippen molar-refractivity contribution >= 4 is 25.6 Å². The third-order valence-electron chi connectivity index (χ3n) is 5.14. The highest BCUT2D eigenvalue weighted by Crippen LogP contribution is 2.21. The normalized spacial score (nSPS) is 23.8. The van der Waals surface area contributed by atoms with Crippen LogP contribution in [0.2, 0.25) is 0 Å². The summed E-state index contributed by atoms with van der Waals surface area (Å²) in [5.41, 5.74) is 0.319. The van der Waals surface area contributed by atoms with Gasteiger partial charge in [-0.3, -0.25) is 4.79 Å². The summed E-state index contributed by atoms with van der Waals surface area (Å²) >= 11 is 0. The van der Waals surface area contributed by atoms with Crippen LogP contribution >= 0.6 is 0 Å². The first kappa shape index (κ1) is 20.4. The third kappa shape index (κ3) is 5.16. The molecule has 27 heavy (non-hydrogen) atoms. The van der Waals surface area contributed by atoms with Crippen LogP contribution in [0, 0.1) is 0 Å². The molecule has 0 aliphatic carbocycles. The number of rotatable bonds is 6. The summed E-state index contributed by atoms with van der Waals surface area (Å²) in [5, 5.41) is 2.98. The molecule has 0 amide bonds. The Bertz CT molecular complexity index is 888. The highest BCUT2D eigenvalue weighted by atomic mass is 32.2. The number of benzene rings is 1. The first-order chi connectivity index (χ1) is 12.8. The molecule has 2 fully saturated rings. The molecule has 150 valence electrons. The lowest BCUT2D eigenvalue weighted by atomic mass is 10.1. The Labute approximate surface area is 161 Å². The van der Waals surface area contributed by atoms with E-state index in [1.54, 1.807) is 12.1 Å². The van der Waals surface area contributed by atoms with Gasteiger partial charge < -0.3 is 5.32 Å². The van der Waals surface area contributed by atoms with Gasteiger partial charge in [-0.2, -0.15) is 4.31 Å². The molecule has 3 rings (SSSR count). The molecule has 1 atom stereocenters. The first-order valence-corrected chi connectivity index (χ1v) is 12.6. The van der Waals surface area contributed by atoms with E-state index in [1.165, 1.54) is 16.4 Å². The van der Waals surface area contributed by atoms with Gasteiger partial charge in [-0.15, -0.1) is 0 Å². The standard InChI is InChI=1S/C18H26N2O5S2/c21-18(13-19-16-8-11-26(22,23)14-16)15-6-5-7-17(12-15)27(24,25)20-9-3-1-2-4-10-20/h5-7,12,16,19H,1-4,8-11,13-14H2. The summed E-state index contributed by atoms with van der Waals surface area (Å²) in [6.07, 6.45) is 4.28. The Morgan fingerprint density at radius 1 is 1.15 bits per heavy atom. The molecule has 1 aromatic rings. The number of hydrogen-bond acceptors (Lipinski definition) is 6. The largest absolute Gasteiger partial charge is 0.306 e. The second kappa shape index (κ2) is 8.38. The smallest absolute Gasteiger partial charge is 0.243 e. The van der Waals surface area contributed by atoms with Crippen molar-refractivity contribution < 1.29 is 21.6 Å². The summed E-state index contributed by atoms with van der Waals surface area (Å²) in [5.74, 6) is -0.0567. The lowest BCUT2D eigenvalue weighted by Gasteiger charge is -2.20. The van der Waals surface area contributed by atoms with Crippen LogP contribution < -0.4 is 5.32 Å². The molecule has 1 aromatic carbocycles. The van der Waals surface area contributed by atoms with Gasteiger partial charge in [0.05, 0.1) is 22.9 Å². The van der Waals surface area contributed by atoms with Gasteiger partial charge in [0.15, 0.2) is 15.6 Å². The lowest BCUT2D eigenvalue weighted by molar-refractivity contribution is 0.0988. The summed E-state index contributed by atoms with van der Waals surface area (Å²) in [6.45, 7) is 1.02. The van der Waals surface area contributed by atoms with Gasteiger partial charge in [0.1, 0.15) is 0 Å². The van der Waals surface area contributed by atoms with Crippen molar-refractivity contribution in [3.05, 3.63) is 29.8 Å². The van der Waals surface area contributed by atoms with Crippen LogP contribution in [0.15, 0.2) is 29.2 Å². The van der Waals surface area contributed by atoms with Crippen molar-refractivity contribution in [2.75, 3.05) is 31.1 Å². The Kier molecular flexibility index (Phi) is 6.35. The molecule has 0 spiro atoms. The molecule has 1 unspecified atom stereocenters. The molecule has 2 aliphatic heterocycles. The van der Waals surface area contributed by atoms with Crippen molar-refractivity contribution in [2.45, 2.75) is 43.0 Å². The van der Waals surface area contributed by atoms with Crippen molar-refractivity contribution in [3.63, 3.8) is 0 Å². The Balaban J connectivity index is 1.68. The van der Waals surface area contributed by atoms with E-state index in [1.807, 2.05) is 0 Å². The quantitative estimate of drug-likeness (QED) is 0.702. The van der Waals surface area contributed by atoms with Crippen LogP contribution in [0.25, 0.3) is 0 Å². The van der Waals surface area contributed by atoms with Crippen LogP contribution in [0.5, 0.6) is 0 Å². The summed E-state index contributed by atoms with van der Waals surface area (Å²) in [6, 6.07) is 5.90. The second-order valence-electron chi connectivity index (χ2n) is 7.25. The third-order valence-corrected chi connectivity index (χ3v) is 8.81. The molecule has 0 bridgehead atoms. The Morgan fingerprint density at radius 2 is 1.85 bits per heavy atom. The zero-order chi connectivity index (χ0) is 19.5. The summed E-state index contributed by atoms with van der Waals surface area (Å²) in [7, 11) is -6.61. The molecule has 1 N–H and O–H groups in total. The van der Waals surface area contributed by atoms with Gasteiger partial charge >= 0.3 is 0 Å². The van der Waals surface area contributed by atoms with Crippen LogP contribution in [0.4, 0.5) is 0 Å². The van der Waals surface area contributed by atoms with Gasteiger partial charge in [0.25, 0.3) is 0 Å². The van der Waals surface area contributed by atoms with E-state index in [0.29, 0.717) is 25.1 Å². The fourth-order valence-corrected chi connectivity index (χ4v) is 6.83. The minimum absolute atomic E-state index is 0.00655. The van der Waals surface area contributed by atoms with E-state index in [-0.39, 0.29) is 34.8 Å². The van der Waals surface area contributed by atoms with E-state index >= 15 is 0 Å². The van der Waals surface area contributed by atoms with Crippen LogP contribution in [0.1, 0.15) is 42.5 Å². The number of carbonyl (C=O) groups is 1. The maximum atomic E-state index is 12.9. The molecular formula is C18H26N2O5S2. The number of sulfonamides is 1. The molecule has 2 heterocycles. The average Bonchev–Trinajstić information content (AvgIpc) is 2.84. The van der Waals surface area contributed by atoms with Crippen molar-refractivity contribution in [3.8, 4) is 0 Å². The minimum atomic E-state index is -3.61. The summed E-state index contributed by atoms with van der Waals surface area (Å²) < 4.78 is 50.3. The average molecular weight is 415 g/mol. The number of ketones is 1. The van der Waals surface area contributed by atoms with E-state index < -0.39 is 19.9 Å². The maximum Gasteiger partial charge on any atom is 0.243 e. The van der Waals surface area contributed by atoms with Gasteiger partial charge in [-0.05, 0) is 31.4 Å². The van der Waals surface area contributed by atoms with Crippen LogP contribution in [-0.2, 0) is 19.9 Å². The highest BCUT2D eigenvalue weighted by Gasteiger charge is 2.28. The van der Waals surface area contributed by atoms with E-state index in [0.717, 1.165) is 25.7 Å². The van der Waals surface area contributed by atoms with Crippen LogP contribution in [0.3, 0.4) is 0 Å². The number of nitrogens with one attached hydrogen (secondary N) is 1. The predicted molar refractivity (Wildman–Crippen MR) is 103 cm³/mol. The van der Waals surface area contributed by atoms with Gasteiger partial charge in [-0.25, -0.2) is 16.8 Å². The molecule has 2 aliphatic rings.